The van der Waals surface area contributed by atoms with E-state index in [2.05, 4.69) is 5.32 Å². The number of hydrogen-bond acceptors (Lipinski definition) is 4. The van der Waals surface area contributed by atoms with E-state index in [1.807, 2.05) is 4.90 Å². The van der Waals surface area contributed by atoms with Gasteiger partial charge < -0.3 is 14.6 Å². The Labute approximate surface area is 203 Å². The van der Waals surface area contributed by atoms with Crippen molar-refractivity contribution < 1.29 is 23.2 Å². The van der Waals surface area contributed by atoms with Gasteiger partial charge in [0.1, 0.15) is 18.1 Å². The maximum absolute atomic E-state index is 13.9. The van der Waals surface area contributed by atoms with Crippen LogP contribution >= 0.6 is 0 Å². The van der Waals surface area contributed by atoms with Gasteiger partial charge in [-0.2, -0.15) is 0 Å². The molecule has 4 saturated carbocycles. The van der Waals surface area contributed by atoms with Crippen LogP contribution in [0.25, 0.3) is 0 Å². The van der Waals surface area contributed by atoms with Crippen LogP contribution in [0, 0.1) is 23.6 Å². The van der Waals surface area contributed by atoms with Crippen LogP contribution in [0.4, 0.5) is 9.18 Å². The maximum atomic E-state index is 13.9. The molecule has 1 unspecified atom stereocenters. The third kappa shape index (κ3) is 3.65. The van der Waals surface area contributed by atoms with Gasteiger partial charge in [-0.25, -0.2) is 9.18 Å². The maximum Gasteiger partial charge on any atom is 0.325 e. The van der Waals surface area contributed by atoms with Gasteiger partial charge in [0.25, 0.3) is 5.91 Å². The molecule has 2 aromatic rings. The molecule has 35 heavy (non-hydrogen) atoms. The Morgan fingerprint density at radius 3 is 2.29 bits per heavy atom. The smallest absolute Gasteiger partial charge is 0.325 e. The van der Waals surface area contributed by atoms with E-state index >= 15 is 0 Å². The summed E-state index contributed by atoms with van der Waals surface area (Å²) in [6.45, 7) is 1.60. The van der Waals surface area contributed by atoms with Gasteiger partial charge >= 0.3 is 6.03 Å². The summed E-state index contributed by atoms with van der Waals surface area (Å²) in [6.07, 6.45) is 8.00. The van der Waals surface area contributed by atoms with Crippen molar-refractivity contribution in [3.63, 3.8) is 0 Å². The highest BCUT2D eigenvalue weighted by atomic mass is 19.1. The number of nitrogens with zero attached hydrogens (tertiary/aromatic N) is 2. The molecule has 7 rings (SSSR count). The second kappa shape index (κ2) is 7.93. The van der Waals surface area contributed by atoms with Crippen LogP contribution in [0.5, 0.6) is 0 Å². The van der Waals surface area contributed by atoms with Crippen molar-refractivity contribution >= 4 is 17.8 Å². The lowest BCUT2D eigenvalue weighted by Crippen LogP contribution is -2.62. The molecule has 8 heteroatoms. The third-order valence-corrected chi connectivity index (χ3v) is 8.72. The minimum absolute atomic E-state index is 0.247. The first-order valence-electron chi connectivity index (χ1n) is 12.5. The monoisotopic (exact) mass is 479 g/mol. The SMILES string of the molecule is CC1(c2ccco2)NC(=O)N(CC(=O)N(Cc2ccc(F)cc2)C23CC4CC(CC(C4)C2)C3)C1=O. The molecule has 1 N–H and O–H groups in total. The summed E-state index contributed by atoms with van der Waals surface area (Å²) >= 11 is 0. The van der Waals surface area contributed by atoms with Gasteiger partial charge in [-0.05, 0) is 93.0 Å². The molecule has 0 radical (unpaired) electrons. The first kappa shape index (κ1) is 22.3. The third-order valence-electron chi connectivity index (χ3n) is 8.72. The highest BCUT2D eigenvalue weighted by Crippen LogP contribution is 2.58. The molecule has 2 heterocycles. The predicted molar refractivity (Wildman–Crippen MR) is 124 cm³/mol. The summed E-state index contributed by atoms with van der Waals surface area (Å²) in [5, 5.41) is 2.70. The fraction of sp³-hybridized carbons (Fsp3) is 0.519. The van der Waals surface area contributed by atoms with E-state index in [4.69, 9.17) is 4.42 Å². The van der Waals surface area contributed by atoms with Gasteiger partial charge in [-0.1, -0.05) is 12.1 Å². The van der Waals surface area contributed by atoms with E-state index in [0.29, 0.717) is 30.1 Å². The van der Waals surface area contributed by atoms with Crippen molar-refractivity contribution in [2.45, 2.75) is 63.1 Å². The molecule has 4 amide bonds. The number of amides is 4. The van der Waals surface area contributed by atoms with Crippen molar-refractivity contribution in [1.82, 2.24) is 15.1 Å². The standard InChI is InChI=1S/C27H30FN3O4/c1-26(22-3-2-8-35-22)24(33)30(25(34)29-26)16-23(32)31(15-17-4-6-21(28)7-5-17)27-12-18-9-19(13-27)11-20(10-18)14-27/h2-8,18-20H,9-16H2,1H3,(H,29,34). The molecule has 1 saturated heterocycles. The lowest BCUT2D eigenvalue weighted by Gasteiger charge is -2.60. The molecule has 5 fully saturated rings. The first-order valence-corrected chi connectivity index (χ1v) is 12.5. The van der Waals surface area contributed by atoms with Crippen LogP contribution in [0.1, 0.15) is 56.8 Å². The molecule has 184 valence electrons. The fourth-order valence-electron chi connectivity index (χ4n) is 7.48. The molecule has 1 aliphatic heterocycles. The summed E-state index contributed by atoms with van der Waals surface area (Å²) in [5.41, 5.74) is -0.777. The summed E-state index contributed by atoms with van der Waals surface area (Å²) in [5.74, 6) is 1.10. The minimum Gasteiger partial charge on any atom is -0.466 e. The number of carbonyl (C=O) groups is 3. The fourth-order valence-corrected chi connectivity index (χ4v) is 7.48. The van der Waals surface area contributed by atoms with E-state index in [-0.39, 0.29) is 23.8 Å². The number of benzene rings is 1. The molecule has 0 spiro atoms. The van der Waals surface area contributed by atoms with Crippen LogP contribution in [0.15, 0.2) is 47.1 Å². The quantitative estimate of drug-likeness (QED) is 0.630. The molecule has 4 aliphatic carbocycles. The van der Waals surface area contributed by atoms with Crippen molar-refractivity contribution in [3.8, 4) is 0 Å². The Balaban J connectivity index is 1.29. The van der Waals surface area contributed by atoms with E-state index in [9.17, 15) is 18.8 Å². The summed E-state index contributed by atoms with van der Waals surface area (Å²) < 4.78 is 19.0. The summed E-state index contributed by atoms with van der Waals surface area (Å²) in [7, 11) is 0. The highest BCUT2D eigenvalue weighted by Gasteiger charge is 2.56. The Morgan fingerprint density at radius 1 is 1.09 bits per heavy atom. The second-order valence-corrected chi connectivity index (χ2v) is 11.2. The van der Waals surface area contributed by atoms with E-state index < -0.39 is 17.5 Å². The van der Waals surface area contributed by atoms with Crippen LogP contribution in [-0.4, -0.2) is 39.7 Å². The van der Waals surface area contributed by atoms with Crippen molar-refractivity contribution in [3.05, 3.63) is 59.8 Å². The normalized spacial score (nSPS) is 33.3. The zero-order valence-electron chi connectivity index (χ0n) is 19.8. The lowest BCUT2D eigenvalue weighted by atomic mass is 9.52. The van der Waals surface area contributed by atoms with Crippen molar-refractivity contribution in [2.24, 2.45) is 17.8 Å². The van der Waals surface area contributed by atoms with Crippen LogP contribution < -0.4 is 5.32 Å². The van der Waals surface area contributed by atoms with Crippen LogP contribution in [0.3, 0.4) is 0 Å². The lowest BCUT2D eigenvalue weighted by molar-refractivity contribution is -0.155. The number of hydrogen-bond donors (Lipinski definition) is 1. The van der Waals surface area contributed by atoms with Gasteiger partial charge in [0.15, 0.2) is 5.54 Å². The first-order chi connectivity index (χ1) is 16.8. The van der Waals surface area contributed by atoms with Crippen molar-refractivity contribution in [2.75, 3.05) is 6.54 Å². The Hall–Kier alpha value is -3.16. The van der Waals surface area contributed by atoms with E-state index in [1.54, 1.807) is 31.2 Å². The Morgan fingerprint density at radius 2 is 1.71 bits per heavy atom. The minimum atomic E-state index is -1.34. The molecule has 4 bridgehead atoms. The molecule has 5 aliphatic rings. The average Bonchev–Trinajstić information content (AvgIpc) is 3.42. The van der Waals surface area contributed by atoms with Crippen molar-refractivity contribution in [1.29, 1.82) is 0 Å². The average molecular weight is 480 g/mol. The number of carbonyl (C=O) groups excluding carboxylic acids is 3. The molecular weight excluding hydrogens is 449 g/mol. The molecule has 1 atom stereocenters. The molecule has 1 aromatic carbocycles. The number of nitrogens with one attached hydrogen (secondary N) is 1. The topological polar surface area (TPSA) is 82.9 Å². The largest absolute Gasteiger partial charge is 0.466 e. The second-order valence-electron chi connectivity index (χ2n) is 11.2. The van der Waals surface area contributed by atoms with Crippen LogP contribution in [0.2, 0.25) is 0 Å². The van der Waals surface area contributed by atoms with E-state index in [0.717, 1.165) is 29.7 Å². The zero-order valence-corrected chi connectivity index (χ0v) is 19.8. The summed E-state index contributed by atoms with van der Waals surface area (Å²) in [6, 6.07) is 8.92. The van der Waals surface area contributed by atoms with E-state index in [1.165, 1.54) is 37.7 Å². The Kier molecular flexibility index (Phi) is 5.06. The van der Waals surface area contributed by atoms with Gasteiger partial charge in [0.2, 0.25) is 5.91 Å². The zero-order chi connectivity index (χ0) is 24.4. The van der Waals surface area contributed by atoms with Gasteiger partial charge in [-0.15, -0.1) is 0 Å². The number of rotatable bonds is 6. The highest BCUT2D eigenvalue weighted by molar-refractivity contribution is 6.08. The number of halogens is 1. The molecule has 7 nitrogen and oxygen atoms in total. The van der Waals surface area contributed by atoms with Crippen LogP contribution in [-0.2, 0) is 21.7 Å². The molecule has 1 aromatic heterocycles. The Bertz CT molecular complexity index is 1130. The predicted octanol–water partition coefficient (Wildman–Crippen LogP) is 4.18. The number of imide groups is 1. The number of furan rings is 1. The number of urea groups is 1. The van der Waals surface area contributed by atoms with Gasteiger partial charge in [-0.3, -0.25) is 14.5 Å². The van der Waals surface area contributed by atoms with Gasteiger partial charge in [0, 0.05) is 12.1 Å². The molecular formula is C27H30FN3O4. The van der Waals surface area contributed by atoms with Gasteiger partial charge in [0.05, 0.1) is 6.26 Å². The summed E-state index contributed by atoms with van der Waals surface area (Å²) in [4.78, 5) is 43.0.